The fourth-order valence-electron chi connectivity index (χ4n) is 2.57. The summed E-state index contributed by atoms with van der Waals surface area (Å²) < 4.78 is 17.9. The molecule has 0 spiro atoms. The molecule has 1 fully saturated rings. The van der Waals surface area contributed by atoms with Crippen molar-refractivity contribution >= 4 is 10.8 Å². The van der Waals surface area contributed by atoms with E-state index in [2.05, 4.69) is 5.32 Å². The van der Waals surface area contributed by atoms with Crippen LogP contribution < -0.4 is 10.1 Å². The van der Waals surface area contributed by atoms with Crippen LogP contribution in [0.4, 0.5) is 0 Å². The highest BCUT2D eigenvalue weighted by atomic mass is 32.2. The molecule has 18 heavy (non-hydrogen) atoms. The summed E-state index contributed by atoms with van der Waals surface area (Å²) in [6, 6.07) is 8.14. The van der Waals surface area contributed by atoms with Gasteiger partial charge in [0.05, 0.1) is 22.8 Å². The minimum Gasteiger partial charge on any atom is -0.495 e. The van der Waals surface area contributed by atoms with Gasteiger partial charge in [-0.2, -0.15) is 0 Å². The zero-order valence-corrected chi connectivity index (χ0v) is 11.8. The third-order valence-corrected chi connectivity index (χ3v) is 5.43. The Labute approximate surface area is 111 Å². The lowest BCUT2D eigenvalue weighted by Gasteiger charge is -2.28. The Balaban J connectivity index is 2.15. The first kappa shape index (κ1) is 13.6. The predicted molar refractivity (Wildman–Crippen MR) is 74.5 cm³/mol. The second-order valence-electron chi connectivity index (χ2n) is 4.72. The Morgan fingerprint density at radius 3 is 2.83 bits per heavy atom. The number of nitrogens with one attached hydrogen (secondary N) is 1. The van der Waals surface area contributed by atoms with Gasteiger partial charge >= 0.3 is 0 Å². The van der Waals surface area contributed by atoms with E-state index in [1.54, 1.807) is 7.11 Å². The van der Waals surface area contributed by atoms with Crippen LogP contribution in [-0.2, 0) is 10.8 Å². The summed E-state index contributed by atoms with van der Waals surface area (Å²) in [5.41, 5.74) is 0. The average molecular weight is 267 g/mol. The van der Waals surface area contributed by atoms with E-state index in [1.165, 1.54) is 6.42 Å². The first-order valence-electron chi connectivity index (χ1n) is 6.47. The molecule has 0 radical (unpaired) electrons. The maximum atomic E-state index is 12.6. The van der Waals surface area contributed by atoms with Crippen LogP contribution in [0.25, 0.3) is 0 Å². The van der Waals surface area contributed by atoms with Gasteiger partial charge in [0.2, 0.25) is 0 Å². The fourth-order valence-corrected chi connectivity index (χ4v) is 4.28. The van der Waals surface area contributed by atoms with Crippen molar-refractivity contribution in [2.75, 3.05) is 14.2 Å². The minimum absolute atomic E-state index is 0.243. The molecule has 100 valence electrons. The molecule has 1 N–H and O–H groups in total. The van der Waals surface area contributed by atoms with E-state index in [9.17, 15) is 4.21 Å². The van der Waals surface area contributed by atoms with Crippen molar-refractivity contribution in [1.29, 1.82) is 0 Å². The Hall–Kier alpha value is -0.870. The zero-order chi connectivity index (χ0) is 13.0. The maximum absolute atomic E-state index is 12.6. The van der Waals surface area contributed by atoms with Crippen molar-refractivity contribution in [2.45, 2.75) is 41.9 Å². The predicted octanol–water partition coefficient (Wildman–Crippen LogP) is 2.33. The van der Waals surface area contributed by atoms with E-state index in [0.29, 0.717) is 6.04 Å². The molecule has 0 saturated heterocycles. The first-order chi connectivity index (χ1) is 8.76. The molecule has 3 unspecified atom stereocenters. The van der Waals surface area contributed by atoms with E-state index >= 15 is 0 Å². The highest BCUT2D eigenvalue weighted by Gasteiger charge is 2.27. The standard InChI is InChI=1S/C14H21NO2S/c1-15-11-6-5-7-12(10-11)18(16)14-9-4-3-8-13(14)17-2/h3-4,8-9,11-12,15H,5-7,10H2,1-2H3. The van der Waals surface area contributed by atoms with E-state index in [1.807, 2.05) is 31.3 Å². The number of para-hydroxylation sites is 1. The quantitative estimate of drug-likeness (QED) is 0.910. The molecular weight excluding hydrogens is 246 g/mol. The second-order valence-corrected chi connectivity index (χ2v) is 6.42. The summed E-state index contributed by atoms with van der Waals surface area (Å²) in [5.74, 6) is 0.738. The molecule has 1 saturated carbocycles. The van der Waals surface area contributed by atoms with Gasteiger partial charge in [0.25, 0.3) is 0 Å². The normalized spacial score (nSPS) is 25.7. The Kier molecular flexibility index (Phi) is 4.78. The number of benzene rings is 1. The monoisotopic (exact) mass is 267 g/mol. The molecule has 1 aromatic carbocycles. The van der Waals surface area contributed by atoms with Crippen LogP contribution in [0.2, 0.25) is 0 Å². The Morgan fingerprint density at radius 2 is 2.11 bits per heavy atom. The van der Waals surface area contributed by atoms with Gasteiger partial charge in [-0.3, -0.25) is 4.21 Å². The summed E-state index contributed by atoms with van der Waals surface area (Å²) in [6.45, 7) is 0. The fraction of sp³-hybridized carbons (Fsp3) is 0.571. The lowest BCUT2D eigenvalue weighted by atomic mass is 9.95. The second kappa shape index (κ2) is 6.34. The van der Waals surface area contributed by atoms with Gasteiger partial charge in [-0.05, 0) is 38.4 Å². The van der Waals surface area contributed by atoms with Crippen LogP contribution in [0, 0.1) is 0 Å². The Bertz CT molecular complexity index is 422. The molecule has 0 aromatic heterocycles. The molecular formula is C14H21NO2S. The molecule has 1 aliphatic rings. The van der Waals surface area contributed by atoms with E-state index < -0.39 is 10.8 Å². The highest BCUT2D eigenvalue weighted by molar-refractivity contribution is 7.85. The van der Waals surface area contributed by atoms with Crippen LogP contribution in [0.3, 0.4) is 0 Å². The zero-order valence-electron chi connectivity index (χ0n) is 11.0. The number of hydrogen-bond donors (Lipinski definition) is 1. The molecule has 0 aliphatic heterocycles. The summed E-state index contributed by atoms with van der Waals surface area (Å²) in [7, 11) is 2.65. The molecule has 0 bridgehead atoms. The third kappa shape index (κ3) is 2.93. The van der Waals surface area contributed by atoms with Crippen LogP contribution >= 0.6 is 0 Å². The van der Waals surface area contributed by atoms with Crippen molar-refractivity contribution in [3.63, 3.8) is 0 Å². The van der Waals surface area contributed by atoms with Crippen LogP contribution in [0.1, 0.15) is 25.7 Å². The smallest absolute Gasteiger partial charge is 0.134 e. The topological polar surface area (TPSA) is 38.3 Å². The SMILES string of the molecule is CNC1CCCC(S(=O)c2ccccc2OC)C1. The highest BCUT2D eigenvalue weighted by Crippen LogP contribution is 2.30. The summed E-state index contributed by atoms with van der Waals surface area (Å²) >= 11 is 0. The Morgan fingerprint density at radius 1 is 1.33 bits per heavy atom. The number of hydrogen-bond acceptors (Lipinski definition) is 3. The largest absolute Gasteiger partial charge is 0.495 e. The van der Waals surface area contributed by atoms with Gasteiger partial charge in [0, 0.05) is 11.3 Å². The van der Waals surface area contributed by atoms with Gasteiger partial charge in [-0.25, -0.2) is 0 Å². The van der Waals surface area contributed by atoms with E-state index in [4.69, 9.17) is 4.74 Å². The summed E-state index contributed by atoms with van der Waals surface area (Å²) in [4.78, 5) is 0.835. The maximum Gasteiger partial charge on any atom is 0.134 e. The molecule has 1 aliphatic carbocycles. The van der Waals surface area contributed by atoms with Crippen LogP contribution in [0.15, 0.2) is 29.2 Å². The van der Waals surface area contributed by atoms with Crippen molar-refractivity contribution in [3.8, 4) is 5.75 Å². The molecule has 0 heterocycles. The lowest BCUT2D eigenvalue weighted by Crippen LogP contribution is -2.35. The van der Waals surface area contributed by atoms with Gasteiger partial charge < -0.3 is 10.1 Å². The van der Waals surface area contributed by atoms with Crippen molar-refractivity contribution < 1.29 is 8.95 Å². The van der Waals surface area contributed by atoms with Crippen LogP contribution in [0.5, 0.6) is 5.75 Å². The van der Waals surface area contributed by atoms with Gasteiger partial charge in [-0.1, -0.05) is 18.6 Å². The molecule has 2 rings (SSSR count). The van der Waals surface area contributed by atoms with E-state index in [-0.39, 0.29) is 5.25 Å². The first-order valence-corrected chi connectivity index (χ1v) is 7.68. The number of ether oxygens (including phenoxy) is 1. The molecule has 1 aromatic rings. The summed E-state index contributed by atoms with van der Waals surface area (Å²) in [5, 5.41) is 3.55. The van der Waals surface area contributed by atoms with Gasteiger partial charge in [0.15, 0.2) is 0 Å². The molecule has 3 atom stereocenters. The molecule has 0 amide bonds. The van der Waals surface area contributed by atoms with Gasteiger partial charge in [-0.15, -0.1) is 0 Å². The van der Waals surface area contributed by atoms with Crippen molar-refractivity contribution in [3.05, 3.63) is 24.3 Å². The van der Waals surface area contributed by atoms with Crippen molar-refractivity contribution in [2.24, 2.45) is 0 Å². The van der Waals surface area contributed by atoms with Gasteiger partial charge in [0.1, 0.15) is 5.75 Å². The lowest BCUT2D eigenvalue weighted by molar-refractivity contribution is 0.393. The minimum atomic E-state index is -0.969. The summed E-state index contributed by atoms with van der Waals surface area (Å²) in [6.07, 6.45) is 4.37. The average Bonchev–Trinajstić information content (AvgIpc) is 2.46. The van der Waals surface area contributed by atoms with Crippen LogP contribution in [-0.4, -0.2) is 29.7 Å². The number of rotatable bonds is 4. The van der Waals surface area contributed by atoms with Crippen molar-refractivity contribution in [1.82, 2.24) is 5.32 Å². The third-order valence-electron chi connectivity index (χ3n) is 3.62. The molecule has 4 heteroatoms. The molecule has 3 nitrogen and oxygen atoms in total. The van der Waals surface area contributed by atoms with E-state index in [0.717, 1.165) is 29.9 Å². The number of methoxy groups -OCH3 is 1.